The fourth-order valence-electron chi connectivity index (χ4n) is 5.13. The number of likely N-dealkylation sites (tertiary alicyclic amines) is 2. The summed E-state index contributed by atoms with van der Waals surface area (Å²) in [5, 5.41) is 1.93. The van der Waals surface area contributed by atoms with Crippen molar-refractivity contribution in [1.82, 2.24) is 9.80 Å². The average Bonchev–Trinajstić information content (AvgIpc) is 3.44. The van der Waals surface area contributed by atoms with E-state index in [-0.39, 0.29) is 35.4 Å². The standard InChI is InChI=1S/C25H24F2N2OS/c26-19-7-3-17(4-8-19)14-28-12-11-23-22(15-28)21(18-5-9-20(27)10-6-18)16-29(23)25(30)24-2-1-13-31-24/h1-10,13,21-23H,11-12,14-16H2/t21-,22-,23-/m1/s1. The van der Waals surface area contributed by atoms with Gasteiger partial charge in [-0.25, -0.2) is 8.78 Å². The van der Waals surface area contributed by atoms with Crippen LogP contribution in [0.15, 0.2) is 66.0 Å². The molecular weight excluding hydrogens is 414 g/mol. The number of carbonyl (C=O) groups is 1. The van der Waals surface area contributed by atoms with Crippen molar-refractivity contribution in [3.63, 3.8) is 0 Å². The molecule has 0 aliphatic carbocycles. The molecule has 0 saturated carbocycles. The highest BCUT2D eigenvalue weighted by Crippen LogP contribution is 2.42. The second-order valence-electron chi connectivity index (χ2n) is 8.47. The van der Waals surface area contributed by atoms with Crippen LogP contribution in [0.2, 0.25) is 0 Å². The van der Waals surface area contributed by atoms with Crippen molar-refractivity contribution in [3.05, 3.63) is 93.7 Å². The first kappa shape index (κ1) is 20.3. The zero-order valence-electron chi connectivity index (χ0n) is 17.1. The number of piperidine rings is 1. The zero-order chi connectivity index (χ0) is 21.4. The molecule has 160 valence electrons. The molecule has 3 aromatic rings. The second-order valence-corrected chi connectivity index (χ2v) is 9.42. The summed E-state index contributed by atoms with van der Waals surface area (Å²) >= 11 is 1.48. The molecule has 1 amide bonds. The van der Waals surface area contributed by atoms with Gasteiger partial charge in [0.2, 0.25) is 0 Å². The van der Waals surface area contributed by atoms with Gasteiger partial charge >= 0.3 is 0 Å². The van der Waals surface area contributed by atoms with E-state index < -0.39 is 0 Å². The van der Waals surface area contributed by atoms with Crippen LogP contribution in [0.4, 0.5) is 8.78 Å². The number of nitrogens with zero attached hydrogens (tertiary/aromatic N) is 2. The van der Waals surface area contributed by atoms with Gasteiger partial charge in [-0.15, -0.1) is 11.3 Å². The number of thiophene rings is 1. The van der Waals surface area contributed by atoms with E-state index >= 15 is 0 Å². The third kappa shape index (κ3) is 4.14. The number of amides is 1. The summed E-state index contributed by atoms with van der Waals surface area (Å²) in [7, 11) is 0. The maximum atomic E-state index is 13.5. The van der Waals surface area contributed by atoms with Gasteiger partial charge in [-0.05, 0) is 53.3 Å². The molecule has 3 heterocycles. The Balaban J connectivity index is 1.40. The molecule has 6 heteroatoms. The van der Waals surface area contributed by atoms with Crippen molar-refractivity contribution in [2.75, 3.05) is 19.6 Å². The average molecular weight is 439 g/mol. The van der Waals surface area contributed by atoms with Crippen LogP contribution in [-0.2, 0) is 6.54 Å². The topological polar surface area (TPSA) is 23.6 Å². The van der Waals surface area contributed by atoms with Crippen molar-refractivity contribution in [3.8, 4) is 0 Å². The van der Waals surface area contributed by atoms with Gasteiger partial charge < -0.3 is 4.90 Å². The number of fused-ring (bicyclic) bond motifs is 1. The van der Waals surface area contributed by atoms with Crippen molar-refractivity contribution in [2.24, 2.45) is 5.92 Å². The summed E-state index contributed by atoms with van der Waals surface area (Å²) in [6.45, 7) is 3.17. The van der Waals surface area contributed by atoms with E-state index in [1.807, 2.05) is 46.7 Å². The lowest BCUT2D eigenvalue weighted by Gasteiger charge is -2.39. The molecule has 2 fully saturated rings. The van der Waals surface area contributed by atoms with Gasteiger partial charge in [-0.3, -0.25) is 9.69 Å². The fourth-order valence-corrected chi connectivity index (χ4v) is 5.81. The van der Waals surface area contributed by atoms with E-state index in [0.717, 1.165) is 42.1 Å². The molecule has 0 N–H and O–H groups in total. The van der Waals surface area contributed by atoms with Gasteiger partial charge in [0.05, 0.1) is 4.88 Å². The molecule has 1 aromatic heterocycles. The largest absolute Gasteiger partial charge is 0.334 e. The van der Waals surface area contributed by atoms with Gasteiger partial charge in [0.1, 0.15) is 11.6 Å². The Morgan fingerprint density at radius 2 is 1.68 bits per heavy atom. The van der Waals surface area contributed by atoms with Gasteiger partial charge in [0.25, 0.3) is 5.91 Å². The lowest BCUT2D eigenvalue weighted by molar-refractivity contribution is 0.0618. The van der Waals surface area contributed by atoms with Crippen LogP contribution in [0, 0.1) is 17.6 Å². The third-order valence-electron chi connectivity index (χ3n) is 6.63. The molecule has 2 aromatic carbocycles. The van der Waals surface area contributed by atoms with E-state index in [0.29, 0.717) is 6.54 Å². The molecule has 3 atom stereocenters. The van der Waals surface area contributed by atoms with Crippen molar-refractivity contribution in [1.29, 1.82) is 0 Å². The Labute approximate surface area is 184 Å². The molecule has 0 radical (unpaired) electrons. The van der Waals surface area contributed by atoms with Crippen LogP contribution < -0.4 is 0 Å². The molecular formula is C25H24F2N2OS. The van der Waals surface area contributed by atoms with E-state index in [4.69, 9.17) is 0 Å². The van der Waals surface area contributed by atoms with E-state index in [2.05, 4.69) is 4.90 Å². The maximum Gasteiger partial charge on any atom is 0.264 e. The lowest BCUT2D eigenvalue weighted by Crippen LogP contribution is -2.47. The van der Waals surface area contributed by atoms with Crippen LogP contribution >= 0.6 is 11.3 Å². The summed E-state index contributed by atoms with van der Waals surface area (Å²) in [5.41, 5.74) is 2.17. The molecule has 2 aliphatic heterocycles. The Morgan fingerprint density at radius 1 is 0.968 bits per heavy atom. The summed E-state index contributed by atoms with van der Waals surface area (Å²) in [6, 6.07) is 17.4. The molecule has 3 nitrogen and oxygen atoms in total. The molecule has 0 unspecified atom stereocenters. The van der Waals surface area contributed by atoms with Gasteiger partial charge in [-0.2, -0.15) is 0 Å². The normalized spacial score (nSPS) is 23.7. The van der Waals surface area contributed by atoms with Crippen LogP contribution in [0.1, 0.15) is 33.1 Å². The summed E-state index contributed by atoms with van der Waals surface area (Å²) in [4.78, 5) is 18.4. The molecule has 2 saturated heterocycles. The minimum absolute atomic E-state index is 0.0987. The molecule has 2 aliphatic rings. The first-order chi connectivity index (χ1) is 15.1. The first-order valence-corrected chi connectivity index (χ1v) is 11.5. The number of rotatable bonds is 4. The fraction of sp³-hybridized carbons (Fsp3) is 0.320. The number of hydrogen-bond acceptors (Lipinski definition) is 3. The SMILES string of the molecule is O=C(c1cccs1)N1C[C@H](c2ccc(F)cc2)[C@H]2CN(Cc3ccc(F)cc3)CC[C@H]21. The van der Waals surface area contributed by atoms with Crippen LogP contribution in [0.5, 0.6) is 0 Å². The van der Waals surface area contributed by atoms with Crippen LogP contribution in [0.25, 0.3) is 0 Å². The van der Waals surface area contributed by atoms with E-state index in [1.54, 1.807) is 0 Å². The highest BCUT2D eigenvalue weighted by Gasteiger charge is 2.47. The van der Waals surface area contributed by atoms with E-state index in [9.17, 15) is 13.6 Å². The van der Waals surface area contributed by atoms with Gasteiger partial charge in [-0.1, -0.05) is 30.3 Å². The Morgan fingerprint density at radius 3 is 2.35 bits per heavy atom. The zero-order valence-corrected chi connectivity index (χ0v) is 17.9. The maximum absolute atomic E-state index is 13.5. The molecule has 31 heavy (non-hydrogen) atoms. The highest BCUT2D eigenvalue weighted by molar-refractivity contribution is 7.12. The number of halogens is 2. The minimum Gasteiger partial charge on any atom is -0.334 e. The number of carbonyl (C=O) groups excluding carboxylic acids is 1. The molecule has 0 bridgehead atoms. The second kappa shape index (κ2) is 8.52. The molecule has 0 spiro atoms. The van der Waals surface area contributed by atoms with Gasteiger partial charge in [0, 0.05) is 44.1 Å². The smallest absolute Gasteiger partial charge is 0.264 e. The van der Waals surface area contributed by atoms with E-state index in [1.165, 1.54) is 35.6 Å². The summed E-state index contributed by atoms with van der Waals surface area (Å²) < 4.78 is 26.8. The number of benzene rings is 2. The molecule has 5 rings (SSSR count). The first-order valence-electron chi connectivity index (χ1n) is 10.7. The Hall–Kier alpha value is -2.57. The van der Waals surface area contributed by atoms with Gasteiger partial charge in [0.15, 0.2) is 0 Å². The van der Waals surface area contributed by atoms with Crippen molar-refractivity contribution >= 4 is 17.2 Å². The van der Waals surface area contributed by atoms with Crippen LogP contribution in [-0.4, -0.2) is 41.4 Å². The summed E-state index contributed by atoms with van der Waals surface area (Å²) in [6.07, 6.45) is 0.903. The lowest BCUT2D eigenvalue weighted by atomic mass is 9.81. The summed E-state index contributed by atoms with van der Waals surface area (Å²) in [5.74, 6) is 0.0828. The predicted octanol–water partition coefficient (Wildman–Crippen LogP) is 5.16. The minimum atomic E-state index is -0.244. The quantitative estimate of drug-likeness (QED) is 0.562. The third-order valence-corrected chi connectivity index (χ3v) is 7.48. The van der Waals surface area contributed by atoms with Crippen molar-refractivity contribution < 1.29 is 13.6 Å². The Kier molecular flexibility index (Phi) is 5.59. The Bertz CT molecular complexity index is 1040. The predicted molar refractivity (Wildman–Crippen MR) is 118 cm³/mol. The number of hydrogen-bond donors (Lipinski definition) is 0. The highest BCUT2D eigenvalue weighted by atomic mass is 32.1. The monoisotopic (exact) mass is 438 g/mol. The van der Waals surface area contributed by atoms with Crippen LogP contribution in [0.3, 0.4) is 0 Å². The van der Waals surface area contributed by atoms with Crippen molar-refractivity contribution in [2.45, 2.75) is 24.9 Å².